The molecule has 0 spiro atoms. The molecular formula is C28H21N3OS2. The Balaban J connectivity index is 1.42. The van der Waals surface area contributed by atoms with Gasteiger partial charge in [0.2, 0.25) is 0 Å². The Kier molecular flexibility index (Phi) is 5.40. The second-order valence-electron chi connectivity index (χ2n) is 8.17. The summed E-state index contributed by atoms with van der Waals surface area (Å²) >= 11 is 3.11. The Hall–Kier alpha value is -3.48. The van der Waals surface area contributed by atoms with Gasteiger partial charge in [0, 0.05) is 11.9 Å². The number of amides is 1. The van der Waals surface area contributed by atoms with E-state index in [0.717, 1.165) is 37.2 Å². The zero-order chi connectivity index (χ0) is 23.1. The number of carbonyl (C=O) groups excluding carboxylic acids is 1. The Labute approximate surface area is 207 Å². The predicted molar refractivity (Wildman–Crippen MR) is 143 cm³/mol. The molecule has 6 heteroatoms. The zero-order valence-electron chi connectivity index (χ0n) is 18.5. The number of thioether (sulfide) groups is 2. The third-order valence-corrected chi connectivity index (χ3v) is 8.37. The number of para-hydroxylation sites is 1. The van der Waals surface area contributed by atoms with Crippen LogP contribution in [0.3, 0.4) is 0 Å². The Morgan fingerprint density at radius 1 is 0.794 bits per heavy atom. The maximum atomic E-state index is 13.7. The number of benzene rings is 4. The lowest BCUT2D eigenvalue weighted by Crippen LogP contribution is -2.29. The molecule has 0 unspecified atom stereocenters. The first-order valence-corrected chi connectivity index (χ1v) is 12.7. The van der Waals surface area contributed by atoms with Crippen LogP contribution in [0.25, 0.3) is 10.8 Å². The molecule has 1 saturated heterocycles. The van der Waals surface area contributed by atoms with Gasteiger partial charge in [-0.25, -0.2) is 4.99 Å². The fourth-order valence-corrected chi connectivity index (χ4v) is 6.52. The van der Waals surface area contributed by atoms with Gasteiger partial charge in [-0.3, -0.25) is 9.69 Å². The first-order valence-electron chi connectivity index (χ1n) is 11.0. The van der Waals surface area contributed by atoms with Gasteiger partial charge in [-0.1, -0.05) is 84.6 Å². The lowest BCUT2D eigenvalue weighted by Gasteiger charge is -2.17. The largest absolute Gasteiger partial charge is 0.337 e. The van der Waals surface area contributed by atoms with Crippen molar-refractivity contribution >= 4 is 56.7 Å². The van der Waals surface area contributed by atoms with Crippen LogP contribution in [0.2, 0.25) is 0 Å². The molecule has 0 N–H and O–H groups in total. The van der Waals surface area contributed by atoms with E-state index in [4.69, 9.17) is 4.99 Å². The fourth-order valence-electron chi connectivity index (χ4n) is 4.18. The smallest absolute Gasteiger partial charge is 0.269 e. The van der Waals surface area contributed by atoms with Crippen molar-refractivity contribution in [3.63, 3.8) is 0 Å². The van der Waals surface area contributed by atoms with Crippen molar-refractivity contribution in [1.29, 1.82) is 0 Å². The number of rotatable bonds is 3. The summed E-state index contributed by atoms with van der Waals surface area (Å²) < 4.78 is 0. The quantitative estimate of drug-likeness (QED) is 0.296. The van der Waals surface area contributed by atoms with Crippen LogP contribution in [0.1, 0.15) is 5.56 Å². The van der Waals surface area contributed by atoms with Gasteiger partial charge in [-0.15, -0.1) is 0 Å². The minimum absolute atomic E-state index is 0.00412. The van der Waals surface area contributed by atoms with E-state index >= 15 is 0 Å². The van der Waals surface area contributed by atoms with Gasteiger partial charge in [0.05, 0.1) is 22.9 Å². The number of anilines is 1. The van der Waals surface area contributed by atoms with Crippen molar-refractivity contribution < 1.29 is 4.79 Å². The normalized spacial score (nSPS) is 18.9. The van der Waals surface area contributed by atoms with E-state index in [-0.39, 0.29) is 5.91 Å². The van der Waals surface area contributed by atoms with E-state index in [9.17, 15) is 4.79 Å². The maximum Gasteiger partial charge on any atom is 0.269 e. The topological polar surface area (TPSA) is 35.9 Å². The summed E-state index contributed by atoms with van der Waals surface area (Å²) in [6, 6.07) is 32.7. The highest BCUT2D eigenvalue weighted by molar-refractivity contribution is 8.19. The van der Waals surface area contributed by atoms with Crippen molar-refractivity contribution in [2.24, 2.45) is 4.99 Å². The van der Waals surface area contributed by atoms with Crippen LogP contribution in [-0.2, 0) is 11.3 Å². The number of amidine groups is 1. The standard InChI is InChI=1S/C28H21N3OS2/c1-30-23-13-7-8-14-24(23)33-27(30)25-26(32)31(18-19-9-3-2-4-10-19)28(34-25)29-22-16-15-20-11-5-6-12-21(20)17-22/h2-17H,18H2,1H3/b27-25-,29-28+. The molecule has 0 aromatic heterocycles. The van der Waals surface area contributed by atoms with Crippen LogP contribution in [0, 0.1) is 0 Å². The van der Waals surface area contributed by atoms with E-state index in [1.54, 1.807) is 16.7 Å². The second kappa shape index (κ2) is 8.70. The zero-order valence-corrected chi connectivity index (χ0v) is 20.1. The van der Waals surface area contributed by atoms with Crippen LogP contribution in [0.5, 0.6) is 0 Å². The molecule has 0 bridgehead atoms. The third kappa shape index (κ3) is 3.79. The van der Waals surface area contributed by atoms with Gasteiger partial charge >= 0.3 is 0 Å². The summed E-state index contributed by atoms with van der Waals surface area (Å²) in [4.78, 5) is 24.5. The highest BCUT2D eigenvalue weighted by atomic mass is 32.2. The van der Waals surface area contributed by atoms with Gasteiger partial charge < -0.3 is 4.90 Å². The lowest BCUT2D eigenvalue weighted by atomic mass is 10.1. The van der Waals surface area contributed by atoms with Gasteiger partial charge in [0.25, 0.3) is 5.91 Å². The molecule has 6 rings (SSSR count). The molecular weight excluding hydrogens is 458 g/mol. The monoisotopic (exact) mass is 479 g/mol. The summed E-state index contributed by atoms with van der Waals surface area (Å²) in [5.74, 6) is -0.00412. The van der Waals surface area contributed by atoms with Crippen LogP contribution in [0.4, 0.5) is 11.4 Å². The molecule has 4 nitrogen and oxygen atoms in total. The average Bonchev–Trinajstić information content (AvgIpc) is 3.36. The van der Waals surface area contributed by atoms with E-state index in [2.05, 4.69) is 41.3 Å². The number of aliphatic imine (C=N–C) groups is 1. The highest BCUT2D eigenvalue weighted by Crippen LogP contribution is 2.50. The number of carbonyl (C=O) groups is 1. The Bertz CT molecular complexity index is 1480. The molecule has 0 radical (unpaired) electrons. The van der Waals surface area contributed by atoms with Crippen LogP contribution < -0.4 is 4.90 Å². The summed E-state index contributed by atoms with van der Waals surface area (Å²) in [7, 11) is 2.02. The first-order chi connectivity index (χ1) is 16.7. The van der Waals surface area contributed by atoms with Gasteiger partial charge in [0.15, 0.2) is 5.17 Å². The number of fused-ring (bicyclic) bond motifs is 2. The minimum atomic E-state index is -0.00412. The highest BCUT2D eigenvalue weighted by Gasteiger charge is 2.39. The number of hydrogen-bond acceptors (Lipinski definition) is 5. The first kappa shape index (κ1) is 21.1. The summed E-state index contributed by atoms with van der Waals surface area (Å²) in [5.41, 5.74) is 3.04. The molecule has 0 saturated carbocycles. The summed E-state index contributed by atoms with van der Waals surface area (Å²) in [6.07, 6.45) is 0. The predicted octanol–water partition coefficient (Wildman–Crippen LogP) is 7.01. The average molecular weight is 480 g/mol. The van der Waals surface area contributed by atoms with Gasteiger partial charge in [-0.2, -0.15) is 0 Å². The maximum absolute atomic E-state index is 13.7. The SMILES string of the molecule is CN1/C(=C2/S/C(=N/c3ccc4ccccc4c3)N(Cc3ccccc3)C2=O)Sc2ccccc21. The summed E-state index contributed by atoms with van der Waals surface area (Å²) in [6.45, 7) is 0.483. The number of hydrogen-bond donors (Lipinski definition) is 0. The van der Waals surface area contributed by atoms with Crippen molar-refractivity contribution in [3.05, 3.63) is 113 Å². The van der Waals surface area contributed by atoms with E-state index in [1.165, 1.54) is 17.1 Å². The fraction of sp³-hybridized carbons (Fsp3) is 0.0714. The minimum Gasteiger partial charge on any atom is -0.337 e. The molecule has 0 aliphatic carbocycles. The molecule has 0 atom stereocenters. The molecule has 4 aromatic carbocycles. The van der Waals surface area contributed by atoms with Crippen LogP contribution >= 0.6 is 23.5 Å². The Morgan fingerprint density at radius 2 is 1.53 bits per heavy atom. The van der Waals surface area contributed by atoms with E-state index < -0.39 is 0 Å². The second-order valence-corrected chi connectivity index (χ2v) is 10.2. The lowest BCUT2D eigenvalue weighted by molar-refractivity contribution is -0.122. The number of nitrogens with zero attached hydrogens (tertiary/aromatic N) is 3. The molecule has 4 aromatic rings. The van der Waals surface area contributed by atoms with Gasteiger partial charge in [0.1, 0.15) is 4.91 Å². The van der Waals surface area contributed by atoms with E-state index in [0.29, 0.717) is 11.7 Å². The van der Waals surface area contributed by atoms with Crippen molar-refractivity contribution in [1.82, 2.24) is 4.90 Å². The third-order valence-electron chi connectivity index (χ3n) is 5.94. The molecule has 2 aliphatic heterocycles. The van der Waals surface area contributed by atoms with E-state index in [1.807, 2.05) is 67.7 Å². The molecule has 1 amide bonds. The molecule has 1 fully saturated rings. The molecule has 34 heavy (non-hydrogen) atoms. The molecule has 166 valence electrons. The molecule has 2 aliphatic rings. The van der Waals surface area contributed by atoms with Crippen LogP contribution in [0.15, 0.2) is 117 Å². The molecule has 2 heterocycles. The van der Waals surface area contributed by atoms with Crippen molar-refractivity contribution in [2.45, 2.75) is 11.4 Å². The van der Waals surface area contributed by atoms with Crippen molar-refractivity contribution in [3.8, 4) is 0 Å². The van der Waals surface area contributed by atoms with Crippen LogP contribution in [-0.4, -0.2) is 23.0 Å². The van der Waals surface area contributed by atoms with Crippen molar-refractivity contribution in [2.75, 3.05) is 11.9 Å². The van der Waals surface area contributed by atoms with Gasteiger partial charge in [-0.05, 0) is 52.4 Å². The Morgan fingerprint density at radius 3 is 2.35 bits per heavy atom. The summed E-state index contributed by atoms with van der Waals surface area (Å²) in [5, 5.41) is 3.97.